The number of pyridine rings is 2. The molecule has 1 aliphatic rings. The molecule has 2 aromatic heterocycles. The van der Waals surface area contributed by atoms with Crippen LogP contribution in [-0.4, -0.2) is 34.4 Å². The first-order chi connectivity index (χ1) is 14.2. The molecule has 29 heavy (non-hydrogen) atoms. The molecule has 0 radical (unpaired) electrons. The van der Waals surface area contributed by atoms with Gasteiger partial charge in [-0.1, -0.05) is 18.2 Å². The molecular formula is C24H25N3O2. The summed E-state index contributed by atoms with van der Waals surface area (Å²) in [6, 6.07) is 18.0. The van der Waals surface area contributed by atoms with Crippen LogP contribution in [0.2, 0.25) is 0 Å². The van der Waals surface area contributed by atoms with Gasteiger partial charge in [0.15, 0.2) is 0 Å². The molecule has 1 aromatic carbocycles. The predicted molar refractivity (Wildman–Crippen MR) is 112 cm³/mol. The number of rotatable bonds is 6. The fourth-order valence-corrected chi connectivity index (χ4v) is 3.92. The zero-order chi connectivity index (χ0) is 20.1. The lowest BCUT2D eigenvalue weighted by atomic mass is 10.1. The van der Waals surface area contributed by atoms with Crippen molar-refractivity contribution in [2.75, 3.05) is 13.7 Å². The average Bonchev–Trinajstić information content (AvgIpc) is 3.25. The molecule has 3 heterocycles. The highest BCUT2D eigenvalue weighted by molar-refractivity contribution is 5.79. The number of carbonyl (C=O) groups is 1. The minimum Gasteiger partial charge on any atom is -0.497 e. The number of benzene rings is 1. The van der Waals surface area contributed by atoms with E-state index in [9.17, 15) is 4.79 Å². The maximum atomic E-state index is 12.9. The Morgan fingerprint density at radius 2 is 1.93 bits per heavy atom. The Labute approximate surface area is 171 Å². The largest absolute Gasteiger partial charge is 0.497 e. The van der Waals surface area contributed by atoms with Crippen LogP contribution in [0.1, 0.15) is 41.4 Å². The number of methoxy groups -OCH3 is 1. The number of carbonyl (C=O) groups excluding carboxylic acids is 1. The van der Waals surface area contributed by atoms with Gasteiger partial charge in [0.05, 0.1) is 25.3 Å². The monoisotopic (exact) mass is 387 g/mol. The summed E-state index contributed by atoms with van der Waals surface area (Å²) in [6.07, 6.45) is 6.57. The van der Waals surface area contributed by atoms with Crippen LogP contribution < -0.4 is 4.74 Å². The summed E-state index contributed by atoms with van der Waals surface area (Å²) in [5.74, 6) is 1.00. The molecular weight excluding hydrogens is 362 g/mol. The molecule has 1 atom stereocenters. The number of likely N-dealkylation sites (tertiary alicyclic amines) is 1. The summed E-state index contributed by atoms with van der Waals surface area (Å²) < 4.78 is 5.32. The number of hydrogen-bond donors (Lipinski definition) is 0. The first kappa shape index (κ1) is 19.1. The highest BCUT2D eigenvalue weighted by Gasteiger charge is 2.30. The van der Waals surface area contributed by atoms with Gasteiger partial charge in [-0.15, -0.1) is 0 Å². The lowest BCUT2D eigenvalue weighted by Crippen LogP contribution is -2.32. The van der Waals surface area contributed by atoms with Crippen LogP contribution in [0.5, 0.6) is 5.75 Å². The third-order valence-corrected chi connectivity index (χ3v) is 5.37. The van der Waals surface area contributed by atoms with Gasteiger partial charge in [0.2, 0.25) is 5.91 Å². The quantitative estimate of drug-likeness (QED) is 0.642. The second-order valence-electron chi connectivity index (χ2n) is 7.36. The molecule has 5 heteroatoms. The standard InChI is InChI=1S/C24H25N3O2/c1-29-21-7-2-5-19(16-21)15-20-6-3-8-22(26-20)23-9-4-14-27(23)24(28)17-18-10-12-25-13-11-18/h2-3,5-8,10-13,16,23H,4,9,14-15,17H2,1H3/t23-/m1/s1. The van der Waals surface area contributed by atoms with E-state index in [1.807, 2.05) is 53.4 Å². The molecule has 0 spiro atoms. The predicted octanol–water partition coefficient (Wildman–Crippen LogP) is 3.98. The third kappa shape index (κ3) is 4.62. The molecule has 1 saturated heterocycles. The Hall–Kier alpha value is -3.21. The smallest absolute Gasteiger partial charge is 0.227 e. The molecule has 1 fully saturated rings. The van der Waals surface area contributed by atoms with Gasteiger partial charge in [0, 0.05) is 31.1 Å². The van der Waals surface area contributed by atoms with Crippen LogP contribution in [0, 0.1) is 0 Å². The summed E-state index contributed by atoms with van der Waals surface area (Å²) in [6.45, 7) is 0.788. The second kappa shape index (κ2) is 8.86. The van der Waals surface area contributed by atoms with Gasteiger partial charge in [-0.2, -0.15) is 0 Å². The van der Waals surface area contributed by atoms with Crippen LogP contribution in [-0.2, 0) is 17.6 Å². The van der Waals surface area contributed by atoms with Crippen LogP contribution in [0.3, 0.4) is 0 Å². The van der Waals surface area contributed by atoms with E-state index < -0.39 is 0 Å². The van der Waals surface area contributed by atoms with Gasteiger partial charge in [-0.25, -0.2) is 0 Å². The zero-order valence-electron chi connectivity index (χ0n) is 16.6. The van der Waals surface area contributed by atoms with Crippen molar-refractivity contribution < 1.29 is 9.53 Å². The van der Waals surface area contributed by atoms with E-state index in [1.165, 1.54) is 0 Å². The van der Waals surface area contributed by atoms with Gasteiger partial charge in [0.1, 0.15) is 5.75 Å². The Morgan fingerprint density at radius 3 is 2.76 bits per heavy atom. The lowest BCUT2D eigenvalue weighted by molar-refractivity contribution is -0.131. The number of nitrogens with zero attached hydrogens (tertiary/aromatic N) is 3. The van der Waals surface area contributed by atoms with Crippen molar-refractivity contribution in [3.63, 3.8) is 0 Å². The molecule has 0 saturated carbocycles. The number of amides is 1. The number of hydrogen-bond acceptors (Lipinski definition) is 4. The molecule has 0 aliphatic carbocycles. The summed E-state index contributed by atoms with van der Waals surface area (Å²) in [5.41, 5.74) is 4.14. The van der Waals surface area contributed by atoms with E-state index in [0.717, 1.165) is 54.1 Å². The molecule has 5 nitrogen and oxygen atoms in total. The van der Waals surface area contributed by atoms with E-state index in [2.05, 4.69) is 11.1 Å². The maximum absolute atomic E-state index is 12.9. The second-order valence-corrected chi connectivity index (χ2v) is 7.36. The highest BCUT2D eigenvalue weighted by Crippen LogP contribution is 2.31. The van der Waals surface area contributed by atoms with Crippen molar-refractivity contribution in [3.8, 4) is 5.75 Å². The van der Waals surface area contributed by atoms with Gasteiger partial charge in [0.25, 0.3) is 0 Å². The van der Waals surface area contributed by atoms with E-state index in [0.29, 0.717) is 6.42 Å². The van der Waals surface area contributed by atoms with E-state index in [4.69, 9.17) is 9.72 Å². The van der Waals surface area contributed by atoms with E-state index in [-0.39, 0.29) is 11.9 Å². The van der Waals surface area contributed by atoms with Crippen molar-refractivity contribution in [3.05, 3.63) is 89.5 Å². The minimum absolute atomic E-state index is 0.0506. The number of ether oxygens (including phenoxy) is 1. The Kier molecular flexibility index (Phi) is 5.84. The van der Waals surface area contributed by atoms with Crippen LogP contribution in [0.4, 0.5) is 0 Å². The molecule has 0 N–H and O–H groups in total. The van der Waals surface area contributed by atoms with Gasteiger partial charge >= 0.3 is 0 Å². The molecule has 0 bridgehead atoms. The SMILES string of the molecule is COc1cccc(Cc2cccc([C@H]3CCCN3C(=O)Cc3ccncc3)n2)c1. The topological polar surface area (TPSA) is 55.3 Å². The van der Waals surface area contributed by atoms with Crippen molar-refractivity contribution in [1.29, 1.82) is 0 Å². The highest BCUT2D eigenvalue weighted by atomic mass is 16.5. The van der Waals surface area contributed by atoms with Crippen molar-refractivity contribution >= 4 is 5.91 Å². The summed E-state index contributed by atoms with van der Waals surface area (Å²) in [5, 5.41) is 0. The zero-order valence-corrected chi connectivity index (χ0v) is 16.6. The Balaban J connectivity index is 1.49. The van der Waals surface area contributed by atoms with Crippen LogP contribution in [0.25, 0.3) is 0 Å². The van der Waals surface area contributed by atoms with Crippen molar-refractivity contribution in [2.45, 2.75) is 31.7 Å². The molecule has 3 aromatic rings. The lowest BCUT2D eigenvalue weighted by Gasteiger charge is -2.25. The van der Waals surface area contributed by atoms with Gasteiger partial charge in [-0.05, 0) is 60.4 Å². The molecule has 1 amide bonds. The molecule has 0 unspecified atom stereocenters. The molecule has 1 aliphatic heterocycles. The fourth-order valence-electron chi connectivity index (χ4n) is 3.92. The average molecular weight is 387 g/mol. The van der Waals surface area contributed by atoms with Gasteiger partial charge < -0.3 is 9.64 Å². The van der Waals surface area contributed by atoms with Crippen molar-refractivity contribution in [1.82, 2.24) is 14.9 Å². The Bertz CT molecular complexity index is 975. The Morgan fingerprint density at radius 1 is 1.10 bits per heavy atom. The van der Waals surface area contributed by atoms with Crippen LogP contribution in [0.15, 0.2) is 67.0 Å². The third-order valence-electron chi connectivity index (χ3n) is 5.37. The minimum atomic E-state index is 0.0506. The molecule has 4 rings (SSSR count). The fraction of sp³-hybridized carbons (Fsp3) is 0.292. The molecule has 148 valence electrons. The van der Waals surface area contributed by atoms with Gasteiger partial charge in [-0.3, -0.25) is 14.8 Å². The van der Waals surface area contributed by atoms with E-state index in [1.54, 1.807) is 19.5 Å². The summed E-state index contributed by atoms with van der Waals surface area (Å²) in [4.78, 5) is 23.8. The first-order valence-corrected chi connectivity index (χ1v) is 10.00. The first-order valence-electron chi connectivity index (χ1n) is 10.00. The maximum Gasteiger partial charge on any atom is 0.227 e. The normalized spacial score (nSPS) is 16.0. The van der Waals surface area contributed by atoms with E-state index >= 15 is 0 Å². The summed E-state index contributed by atoms with van der Waals surface area (Å²) >= 11 is 0. The number of aromatic nitrogens is 2. The summed E-state index contributed by atoms with van der Waals surface area (Å²) in [7, 11) is 1.68. The van der Waals surface area contributed by atoms with Crippen molar-refractivity contribution in [2.24, 2.45) is 0 Å². The van der Waals surface area contributed by atoms with Crippen LogP contribution >= 0.6 is 0 Å².